The van der Waals surface area contributed by atoms with E-state index < -0.39 is 97.5 Å². The average molecular weight is 1660 g/mol. The van der Waals surface area contributed by atoms with Gasteiger partial charge in [0.25, 0.3) is 0 Å². The number of carbonyl (C=O) groups excluding carboxylic acids is 4. The molecule has 0 heterocycles. The number of phosphoric ester groups is 2. The van der Waals surface area contributed by atoms with E-state index in [1.54, 1.807) is 0 Å². The molecule has 0 spiro atoms. The number of aliphatic hydroxyl groups excluding tert-OH is 1. The SMILES string of the molecule is CCCCCCCCCCCCCCCCCCCCCCCCC(=O)OC[C@H](COP(=O)(O)OC[C@@H](O)COP(=O)(O)OC[C@@H](COC(=O)CCCCCCCCCCC(C)CC)OC(=O)CCCCCCCCCCCCCCCCC(C)CC)OC(=O)CCCCCCCCCCCCCCCCCCCCCCCC. The molecular formula is C95H186O17P2. The third kappa shape index (κ3) is 85.1. The molecule has 0 aliphatic heterocycles. The van der Waals surface area contributed by atoms with E-state index in [0.29, 0.717) is 25.7 Å². The molecule has 0 bridgehead atoms. The lowest BCUT2D eigenvalue weighted by Gasteiger charge is -2.21. The van der Waals surface area contributed by atoms with Gasteiger partial charge in [-0.25, -0.2) is 9.13 Å². The van der Waals surface area contributed by atoms with E-state index in [-0.39, 0.29) is 25.7 Å². The number of carbonyl (C=O) groups is 4. The van der Waals surface area contributed by atoms with Crippen molar-refractivity contribution in [2.45, 2.75) is 535 Å². The van der Waals surface area contributed by atoms with Crippen molar-refractivity contribution < 1.29 is 80.2 Å². The van der Waals surface area contributed by atoms with E-state index in [4.69, 9.17) is 37.0 Å². The highest BCUT2D eigenvalue weighted by atomic mass is 31.2. The van der Waals surface area contributed by atoms with Gasteiger partial charge in [0.05, 0.1) is 26.4 Å². The lowest BCUT2D eigenvalue weighted by molar-refractivity contribution is -0.161. The molecule has 17 nitrogen and oxygen atoms in total. The van der Waals surface area contributed by atoms with Gasteiger partial charge in [0.15, 0.2) is 12.2 Å². The van der Waals surface area contributed by atoms with Crippen LogP contribution in [0.15, 0.2) is 0 Å². The number of esters is 4. The molecular weight excluding hydrogens is 1470 g/mol. The van der Waals surface area contributed by atoms with Crippen LogP contribution >= 0.6 is 15.6 Å². The van der Waals surface area contributed by atoms with Gasteiger partial charge in [-0.1, -0.05) is 465 Å². The summed E-state index contributed by atoms with van der Waals surface area (Å²) in [5, 5.41) is 10.7. The Morgan fingerprint density at radius 3 is 0.623 bits per heavy atom. The first kappa shape index (κ1) is 112. The molecule has 0 radical (unpaired) electrons. The Morgan fingerprint density at radius 2 is 0.421 bits per heavy atom. The van der Waals surface area contributed by atoms with E-state index in [2.05, 4.69) is 41.5 Å². The average Bonchev–Trinajstić information content (AvgIpc) is 0.898. The van der Waals surface area contributed by atoms with Crippen LogP contribution in [0.5, 0.6) is 0 Å². The van der Waals surface area contributed by atoms with Crippen molar-refractivity contribution in [2.24, 2.45) is 11.8 Å². The van der Waals surface area contributed by atoms with E-state index in [0.717, 1.165) is 102 Å². The zero-order valence-corrected chi connectivity index (χ0v) is 77.2. The monoisotopic (exact) mass is 1660 g/mol. The molecule has 0 aromatic heterocycles. The van der Waals surface area contributed by atoms with Crippen LogP contribution in [0.4, 0.5) is 0 Å². The molecule has 0 saturated heterocycles. The van der Waals surface area contributed by atoms with Crippen molar-refractivity contribution >= 4 is 39.5 Å². The van der Waals surface area contributed by atoms with Gasteiger partial charge in [-0.3, -0.25) is 37.3 Å². The number of rotatable bonds is 94. The van der Waals surface area contributed by atoms with Crippen LogP contribution in [0.1, 0.15) is 517 Å². The van der Waals surface area contributed by atoms with Gasteiger partial charge in [0.1, 0.15) is 19.3 Å². The van der Waals surface area contributed by atoms with E-state index in [1.165, 1.54) is 334 Å². The summed E-state index contributed by atoms with van der Waals surface area (Å²) in [5.41, 5.74) is 0. The molecule has 0 aliphatic rings. The number of ether oxygens (including phenoxy) is 4. The molecule has 4 unspecified atom stereocenters. The van der Waals surface area contributed by atoms with Crippen molar-refractivity contribution in [3.8, 4) is 0 Å². The van der Waals surface area contributed by atoms with Gasteiger partial charge in [0.2, 0.25) is 0 Å². The van der Waals surface area contributed by atoms with E-state index in [1.807, 2.05) is 0 Å². The van der Waals surface area contributed by atoms with Gasteiger partial charge < -0.3 is 33.8 Å². The van der Waals surface area contributed by atoms with Gasteiger partial charge in [-0.05, 0) is 37.5 Å². The van der Waals surface area contributed by atoms with Crippen LogP contribution < -0.4 is 0 Å². The molecule has 19 heteroatoms. The first-order valence-electron chi connectivity index (χ1n) is 49.1. The molecule has 0 fully saturated rings. The molecule has 0 aliphatic carbocycles. The summed E-state index contributed by atoms with van der Waals surface area (Å²) < 4.78 is 69.2. The summed E-state index contributed by atoms with van der Waals surface area (Å²) in [6, 6.07) is 0. The number of unbranched alkanes of at least 4 members (excludes halogenated alkanes) is 62. The first-order valence-corrected chi connectivity index (χ1v) is 52.1. The molecule has 0 rings (SSSR count). The third-order valence-corrected chi connectivity index (χ3v) is 25.1. The Labute approximate surface area is 702 Å². The largest absolute Gasteiger partial charge is 0.472 e. The summed E-state index contributed by atoms with van der Waals surface area (Å²) in [7, 11) is -9.94. The Balaban J connectivity index is 5.24. The third-order valence-electron chi connectivity index (χ3n) is 23.2. The highest BCUT2D eigenvalue weighted by Gasteiger charge is 2.31. The summed E-state index contributed by atoms with van der Waals surface area (Å²) in [5.74, 6) is -0.470. The van der Waals surface area contributed by atoms with Crippen molar-refractivity contribution in [3.63, 3.8) is 0 Å². The zero-order chi connectivity index (χ0) is 83.4. The fourth-order valence-corrected chi connectivity index (χ4v) is 16.5. The first-order chi connectivity index (χ1) is 55.4. The van der Waals surface area contributed by atoms with E-state index >= 15 is 0 Å². The molecule has 7 atom stereocenters. The van der Waals surface area contributed by atoms with Gasteiger partial charge in [-0.15, -0.1) is 0 Å². The molecule has 0 amide bonds. The van der Waals surface area contributed by atoms with Crippen molar-refractivity contribution in [3.05, 3.63) is 0 Å². The molecule has 3 N–H and O–H groups in total. The molecule has 678 valence electrons. The number of hydrogen-bond acceptors (Lipinski definition) is 15. The fourth-order valence-electron chi connectivity index (χ4n) is 14.9. The van der Waals surface area contributed by atoms with Crippen molar-refractivity contribution in [1.82, 2.24) is 0 Å². The van der Waals surface area contributed by atoms with Crippen molar-refractivity contribution in [2.75, 3.05) is 39.6 Å². The van der Waals surface area contributed by atoms with Crippen LogP contribution in [0.3, 0.4) is 0 Å². The molecule has 0 saturated carbocycles. The standard InChI is InChI=1S/C95H186O17P2/c1-7-11-13-15-17-19-21-23-25-27-29-31-33-35-37-39-44-48-52-59-65-71-77-92(97)105-83-90(111-94(99)79-73-67-61-53-49-45-40-38-36-34-32-30-28-26-24-22-20-18-16-14-12-8-2)85-109-113(101,102)107-81-89(96)82-108-114(103,104)110-86-91(84-106-93(98)78-72-66-60-56-55-58-64-70-76-88(6)10-4)112-95(100)80-74-68-62-54-50-46-42-41-43-47-51-57-63-69-75-87(5)9-3/h87-91,96H,7-86H2,1-6H3,(H,101,102)(H,103,104)/t87?,88?,89-,90-,91-/m1/s1. The Bertz CT molecular complexity index is 2170. The van der Waals surface area contributed by atoms with Crippen LogP contribution in [0.2, 0.25) is 0 Å². The minimum atomic E-state index is -4.97. The van der Waals surface area contributed by atoms with Gasteiger partial charge >= 0.3 is 39.5 Å². The number of phosphoric acid groups is 2. The smallest absolute Gasteiger partial charge is 0.462 e. The lowest BCUT2D eigenvalue weighted by Crippen LogP contribution is -2.30. The topological polar surface area (TPSA) is 237 Å². The van der Waals surface area contributed by atoms with E-state index in [9.17, 15) is 43.2 Å². The van der Waals surface area contributed by atoms with Crippen LogP contribution in [0.25, 0.3) is 0 Å². The fraction of sp³-hybridized carbons (Fsp3) is 0.958. The van der Waals surface area contributed by atoms with Crippen LogP contribution in [-0.4, -0.2) is 96.7 Å². The lowest BCUT2D eigenvalue weighted by atomic mass is 9.99. The second-order valence-electron chi connectivity index (χ2n) is 34.6. The predicted molar refractivity (Wildman–Crippen MR) is 474 cm³/mol. The summed E-state index contributed by atoms with van der Waals surface area (Å²) in [6.07, 6.45) is 82.1. The predicted octanol–water partition coefficient (Wildman–Crippen LogP) is 29.7. The summed E-state index contributed by atoms with van der Waals surface area (Å²) in [6.45, 7) is 9.78. The number of aliphatic hydroxyl groups is 1. The maximum atomic E-state index is 13.2. The Kier molecular flexibility index (Phi) is 84.6. The summed E-state index contributed by atoms with van der Waals surface area (Å²) in [4.78, 5) is 73.6. The molecule has 0 aromatic rings. The Morgan fingerprint density at radius 1 is 0.246 bits per heavy atom. The minimum Gasteiger partial charge on any atom is -0.462 e. The minimum absolute atomic E-state index is 0.108. The molecule has 0 aromatic carbocycles. The van der Waals surface area contributed by atoms with Crippen LogP contribution in [-0.2, 0) is 65.4 Å². The van der Waals surface area contributed by atoms with Crippen molar-refractivity contribution in [1.29, 1.82) is 0 Å². The second-order valence-corrected chi connectivity index (χ2v) is 37.5. The molecule has 114 heavy (non-hydrogen) atoms. The highest BCUT2D eigenvalue weighted by molar-refractivity contribution is 7.47. The summed E-state index contributed by atoms with van der Waals surface area (Å²) >= 11 is 0. The normalized spacial score (nSPS) is 14.1. The Hall–Kier alpha value is -1.94. The van der Waals surface area contributed by atoms with Gasteiger partial charge in [-0.2, -0.15) is 0 Å². The quantitative estimate of drug-likeness (QED) is 0.0222. The van der Waals surface area contributed by atoms with Gasteiger partial charge in [0, 0.05) is 25.7 Å². The highest BCUT2D eigenvalue weighted by Crippen LogP contribution is 2.45. The van der Waals surface area contributed by atoms with Crippen LogP contribution in [0, 0.1) is 11.8 Å². The second kappa shape index (κ2) is 86.0. The maximum Gasteiger partial charge on any atom is 0.472 e. The number of hydrogen-bond donors (Lipinski definition) is 3. The zero-order valence-electron chi connectivity index (χ0n) is 75.4. The maximum absolute atomic E-state index is 13.2.